The molecule has 1 aromatic carbocycles. The van der Waals surface area contributed by atoms with Crippen molar-refractivity contribution < 1.29 is 38.7 Å². The van der Waals surface area contributed by atoms with Crippen molar-refractivity contribution in [2.45, 2.75) is 108 Å². The predicted molar refractivity (Wildman–Crippen MR) is 219 cm³/mol. The number of nitriles is 1. The zero-order chi connectivity index (χ0) is 44.4. The zero-order valence-corrected chi connectivity index (χ0v) is 34.5. The number of aliphatic hydroxyl groups excluding tert-OH is 1. The molecule has 1 aromatic rings. The molecule has 2 rings (SSSR count). The van der Waals surface area contributed by atoms with Crippen molar-refractivity contribution in [3.8, 4) is 6.07 Å². The lowest BCUT2D eigenvalue weighted by Crippen LogP contribution is -2.61. The van der Waals surface area contributed by atoms with Gasteiger partial charge in [0.05, 0.1) is 23.8 Å². The van der Waals surface area contributed by atoms with Crippen LogP contribution in [-0.2, 0) is 40.0 Å². The van der Waals surface area contributed by atoms with E-state index in [-0.39, 0.29) is 76.2 Å². The second kappa shape index (κ2) is 24.5. The van der Waals surface area contributed by atoms with E-state index in [0.29, 0.717) is 11.3 Å². The third-order valence-electron chi connectivity index (χ3n) is 9.55. The molecule has 1 saturated heterocycles. The Kier molecular flexibility index (Phi) is 20.7. The standard InChI is InChI=1S/C38H63N13O8/c1-20(2)16-29-36(57)47-27(9-13-40)33(54)46-28(10-14-41)35(56)50-31(21(3)52)38(59)44-15-11-25(43)32(53)45-26(8-12-39)34(55)49-30(37(58)48-29)18-22-6-7-24(51(4)5)17-23(22)19-42/h6-7,17,20-21,25-31,52H,8-16,18,39-41,43H2,1-5H3,(H,44,59)(H,45,53)(H,46,54)(H,47,57)(H,48,58)(H,49,55)(H,50,56)/t21-,25+,26+,27?,28+,29?,30?,31+/m1/s1. The Labute approximate surface area is 344 Å². The Morgan fingerprint density at radius 1 is 0.712 bits per heavy atom. The Bertz CT molecular complexity index is 1670. The fourth-order valence-electron chi connectivity index (χ4n) is 6.18. The third-order valence-corrected chi connectivity index (χ3v) is 9.55. The molecule has 0 aromatic heterocycles. The van der Waals surface area contributed by atoms with E-state index in [1.165, 1.54) is 6.92 Å². The minimum Gasteiger partial charge on any atom is -0.391 e. The topological polar surface area (TPSA) is 355 Å². The molecule has 8 atom stereocenters. The minimum absolute atomic E-state index is 0.0577. The Morgan fingerprint density at radius 2 is 1.17 bits per heavy atom. The summed E-state index contributed by atoms with van der Waals surface area (Å²) < 4.78 is 0. The van der Waals surface area contributed by atoms with E-state index in [1.54, 1.807) is 51.0 Å². The van der Waals surface area contributed by atoms with Gasteiger partial charge in [0.15, 0.2) is 0 Å². The fraction of sp³-hybridized carbons (Fsp3) is 0.632. The molecule has 0 bridgehead atoms. The van der Waals surface area contributed by atoms with Crippen LogP contribution in [0, 0.1) is 17.2 Å². The van der Waals surface area contributed by atoms with Crippen LogP contribution >= 0.6 is 0 Å². The highest BCUT2D eigenvalue weighted by molar-refractivity contribution is 5.97. The van der Waals surface area contributed by atoms with Crippen LogP contribution in [0.15, 0.2) is 18.2 Å². The smallest absolute Gasteiger partial charge is 0.245 e. The van der Waals surface area contributed by atoms with Crippen molar-refractivity contribution in [3.05, 3.63) is 29.3 Å². The number of benzene rings is 1. The number of nitrogens with two attached hydrogens (primary N) is 4. The van der Waals surface area contributed by atoms with E-state index in [0.717, 1.165) is 0 Å². The van der Waals surface area contributed by atoms with Crippen molar-refractivity contribution in [2.75, 3.05) is 45.2 Å². The Balaban J connectivity index is 2.68. The maximum Gasteiger partial charge on any atom is 0.245 e. The fourth-order valence-corrected chi connectivity index (χ4v) is 6.18. The van der Waals surface area contributed by atoms with Crippen LogP contribution in [0.4, 0.5) is 5.69 Å². The molecule has 16 N–H and O–H groups in total. The van der Waals surface area contributed by atoms with Gasteiger partial charge in [0, 0.05) is 32.7 Å². The van der Waals surface area contributed by atoms with Crippen molar-refractivity contribution in [2.24, 2.45) is 28.9 Å². The summed E-state index contributed by atoms with van der Waals surface area (Å²) >= 11 is 0. The lowest BCUT2D eigenvalue weighted by molar-refractivity contribution is -0.136. The number of rotatable bonds is 12. The van der Waals surface area contributed by atoms with Gasteiger partial charge in [-0.2, -0.15) is 5.26 Å². The summed E-state index contributed by atoms with van der Waals surface area (Å²) in [6, 6.07) is -2.15. The van der Waals surface area contributed by atoms with Crippen molar-refractivity contribution in [3.63, 3.8) is 0 Å². The molecule has 0 aliphatic carbocycles. The highest BCUT2D eigenvalue weighted by Gasteiger charge is 2.35. The van der Waals surface area contributed by atoms with E-state index in [4.69, 9.17) is 22.9 Å². The van der Waals surface area contributed by atoms with E-state index in [9.17, 15) is 43.9 Å². The normalized spacial score (nSPS) is 25.3. The van der Waals surface area contributed by atoms with Gasteiger partial charge in [-0.25, -0.2) is 0 Å². The van der Waals surface area contributed by atoms with Gasteiger partial charge < -0.3 is 70.2 Å². The lowest BCUT2D eigenvalue weighted by Gasteiger charge is -2.28. The number of carbonyl (C=O) groups excluding carboxylic acids is 7. The van der Waals surface area contributed by atoms with Crippen molar-refractivity contribution in [1.29, 1.82) is 5.26 Å². The molecule has 59 heavy (non-hydrogen) atoms. The first-order valence-electron chi connectivity index (χ1n) is 19.7. The second-order valence-corrected chi connectivity index (χ2v) is 15.1. The van der Waals surface area contributed by atoms with Gasteiger partial charge in [0.25, 0.3) is 0 Å². The van der Waals surface area contributed by atoms with Gasteiger partial charge >= 0.3 is 0 Å². The van der Waals surface area contributed by atoms with Crippen LogP contribution in [0.5, 0.6) is 0 Å². The summed E-state index contributed by atoms with van der Waals surface area (Å²) in [5, 5.41) is 38.4. The van der Waals surface area contributed by atoms with Gasteiger partial charge in [0.1, 0.15) is 36.3 Å². The summed E-state index contributed by atoms with van der Waals surface area (Å²) in [4.78, 5) is 97.2. The van der Waals surface area contributed by atoms with E-state index in [1.807, 2.05) is 0 Å². The number of carbonyl (C=O) groups is 7. The molecule has 1 aliphatic heterocycles. The van der Waals surface area contributed by atoms with Crippen LogP contribution in [-0.4, -0.2) is 135 Å². The lowest BCUT2D eigenvalue weighted by atomic mass is 9.97. The van der Waals surface area contributed by atoms with Gasteiger partial charge in [-0.15, -0.1) is 0 Å². The number of anilines is 1. The largest absolute Gasteiger partial charge is 0.391 e. The van der Waals surface area contributed by atoms with E-state index < -0.39 is 89.7 Å². The monoisotopic (exact) mass is 829 g/mol. The zero-order valence-electron chi connectivity index (χ0n) is 34.5. The van der Waals surface area contributed by atoms with E-state index in [2.05, 4.69) is 43.3 Å². The molecule has 21 heteroatoms. The molecule has 0 spiro atoms. The van der Waals surface area contributed by atoms with E-state index >= 15 is 0 Å². The average Bonchev–Trinajstić information content (AvgIpc) is 3.17. The quantitative estimate of drug-likeness (QED) is 0.0944. The van der Waals surface area contributed by atoms with Crippen LogP contribution in [0.3, 0.4) is 0 Å². The average molecular weight is 830 g/mol. The molecule has 3 unspecified atom stereocenters. The molecule has 1 heterocycles. The molecular weight excluding hydrogens is 767 g/mol. The number of amides is 7. The van der Waals surface area contributed by atoms with Crippen LogP contribution in [0.2, 0.25) is 0 Å². The molecular formula is C38H63N13O8. The Hall–Kier alpha value is -5.40. The highest BCUT2D eigenvalue weighted by Crippen LogP contribution is 2.19. The number of hydrogen-bond acceptors (Lipinski definition) is 14. The molecule has 1 fully saturated rings. The number of nitrogens with one attached hydrogen (secondary N) is 7. The SMILES string of the molecule is CC(C)CC1NC(=O)C(Cc2ccc(N(C)C)cc2C#N)NC(=O)[C@H](CCN)NC(=O)[C@@H](N)CCNC(=O)[C@H]([C@@H](C)O)NC(=O)[C@H](CCN)NC(=O)C(CCN)NC1=O. The Morgan fingerprint density at radius 3 is 1.64 bits per heavy atom. The van der Waals surface area contributed by atoms with Crippen molar-refractivity contribution in [1.82, 2.24) is 37.2 Å². The van der Waals surface area contributed by atoms with Crippen molar-refractivity contribution >= 4 is 47.0 Å². The second-order valence-electron chi connectivity index (χ2n) is 15.1. The summed E-state index contributed by atoms with van der Waals surface area (Å²) in [6.07, 6.45) is -1.89. The molecule has 1 aliphatic rings. The van der Waals surface area contributed by atoms with Gasteiger partial charge in [-0.05, 0) is 82.3 Å². The molecule has 328 valence electrons. The number of aliphatic hydroxyl groups is 1. The molecule has 21 nitrogen and oxygen atoms in total. The summed E-state index contributed by atoms with van der Waals surface area (Å²) in [5.74, 6) is -5.82. The van der Waals surface area contributed by atoms with Crippen LogP contribution in [0.1, 0.15) is 64.0 Å². The maximum absolute atomic E-state index is 14.2. The van der Waals surface area contributed by atoms with Crippen LogP contribution < -0.4 is 65.1 Å². The molecule has 0 radical (unpaired) electrons. The molecule has 7 amide bonds. The predicted octanol–water partition coefficient (Wildman–Crippen LogP) is -4.60. The number of nitrogens with zero attached hydrogens (tertiary/aromatic N) is 2. The van der Waals surface area contributed by atoms with Crippen LogP contribution in [0.25, 0.3) is 0 Å². The van der Waals surface area contributed by atoms with Gasteiger partial charge in [0.2, 0.25) is 41.4 Å². The summed E-state index contributed by atoms with van der Waals surface area (Å²) in [6.45, 7) is 4.50. The first-order chi connectivity index (χ1) is 27.9. The minimum atomic E-state index is -1.49. The van der Waals surface area contributed by atoms with Gasteiger partial charge in [-0.3, -0.25) is 33.6 Å². The maximum atomic E-state index is 14.2. The first kappa shape index (κ1) is 49.7. The molecule has 0 saturated carbocycles. The third kappa shape index (κ3) is 15.7. The number of hydrogen-bond donors (Lipinski definition) is 12. The van der Waals surface area contributed by atoms with Gasteiger partial charge in [-0.1, -0.05) is 19.9 Å². The first-order valence-corrected chi connectivity index (χ1v) is 19.7. The highest BCUT2D eigenvalue weighted by atomic mass is 16.3. The summed E-state index contributed by atoms with van der Waals surface area (Å²) in [7, 11) is 3.58. The summed E-state index contributed by atoms with van der Waals surface area (Å²) in [5.41, 5.74) is 24.8.